The minimum absolute atomic E-state index is 0.0607. The first-order chi connectivity index (χ1) is 5.61. The summed E-state index contributed by atoms with van der Waals surface area (Å²) in [6.45, 7) is 3.77. The van der Waals surface area contributed by atoms with E-state index >= 15 is 0 Å². The van der Waals surface area contributed by atoms with Crippen LogP contribution in [0.3, 0.4) is 0 Å². The van der Waals surface area contributed by atoms with Crippen LogP contribution < -0.4 is 5.73 Å². The molecule has 0 saturated carbocycles. The molecule has 1 heterocycles. The molecule has 0 radical (unpaired) electrons. The van der Waals surface area contributed by atoms with Gasteiger partial charge in [0.2, 0.25) is 0 Å². The van der Waals surface area contributed by atoms with E-state index in [1.165, 1.54) is 11.3 Å². The average Bonchev–Trinajstić information content (AvgIpc) is 2.54. The molecule has 0 aromatic carbocycles. The molecule has 3 heteroatoms. The van der Waals surface area contributed by atoms with E-state index in [1.807, 2.05) is 25.3 Å². The van der Waals surface area contributed by atoms with Gasteiger partial charge in [-0.3, -0.25) is 0 Å². The van der Waals surface area contributed by atoms with Crippen molar-refractivity contribution in [1.29, 1.82) is 0 Å². The zero-order chi connectivity index (χ0) is 9.19. The summed E-state index contributed by atoms with van der Waals surface area (Å²) in [4.78, 5) is 0.736. The summed E-state index contributed by atoms with van der Waals surface area (Å²) < 4.78 is 14.1. The van der Waals surface area contributed by atoms with Gasteiger partial charge in [0.15, 0.2) is 5.67 Å². The fourth-order valence-electron chi connectivity index (χ4n) is 1.14. The van der Waals surface area contributed by atoms with Crippen LogP contribution in [0.4, 0.5) is 4.39 Å². The van der Waals surface area contributed by atoms with Gasteiger partial charge in [0, 0.05) is 11.4 Å². The predicted molar refractivity (Wildman–Crippen MR) is 51.0 cm³/mol. The van der Waals surface area contributed by atoms with Crippen molar-refractivity contribution in [2.45, 2.75) is 19.5 Å². The molecule has 12 heavy (non-hydrogen) atoms. The number of thiophene rings is 1. The molecule has 0 aliphatic carbocycles. The summed E-state index contributed by atoms with van der Waals surface area (Å²) in [6.07, 6.45) is 0. The van der Waals surface area contributed by atoms with Gasteiger partial charge in [0.05, 0.1) is 0 Å². The van der Waals surface area contributed by atoms with Crippen molar-refractivity contribution in [3.8, 4) is 0 Å². The molecular formula is C9H14FNS. The number of rotatable bonds is 3. The molecule has 0 amide bonds. The average molecular weight is 187 g/mol. The van der Waals surface area contributed by atoms with Crippen molar-refractivity contribution in [3.63, 3.8) is 0 Å². The predicted octanol–water partition coefficient (Wildman–Crippen LogP) is 2.53. The van der Waals surface area contributed by atoms with E-state index in [1.54, 1.807) is 6.07 Å². The molecule has 1 unspecified atom stereocenters. The van der Waals surface area contributed by atoms with Crippen LogP contribution in [0.15, 0.2) is 17.5 Å². The van der Waals surface area contributed by atoms with Crippen LogP contribution in [-0.2, 0) is 5.67 Å². The lowest BCUT2D eigenvalue weighted by molar-refractivity contribution is 0.114. The largest absolute Gasteiger partial charge is 0.327 e. The smallest absolute Gasteiger partial charge is 0.159 e. The number of nitrogens with two attached hydrogens (primary N) is 1. The minimum Gasteiger partial charge on any atom is -0.327 e. The first-order valence-electron chi connectivity index (χ1n) is 4.04. The van der Waals surface area contributed by atoms with Gasteiger partial charge in [0.25, 0.3) is 0 Å². The Morgan fingerprint density at radius 3 is 2.67 bits per heavy atom. The maximum atomic E-state index is 14.1. The third-order valence-electron chi connectivity index (χ3n) is 2.14. The molecule has 1 aromatic heterocycles. The minimum atomic E-state index is -1.34. The molecule has 0 saturated heterocycles. The van der Waals surface area contributed by atoms with Gasteiger partial charge in [0.1, 0.15) is 0 Å². The SMILES string of the molecule is CC(C)C(F)(CN)c1cccs1. The molecule has 2 N–H and O–H groups in total. The van der Waals surface area contributed by atoms with Gasteiger partial charge in [-0.2, -0.15) is 0 Å². The molecule has 0 fully saturated rings. The summed E-state index contributed by atoms with van der Waals surface area (Å²) in [5, 5.41) is 1.88. The quantitative estimate of drug-likeness (QED) is 0.773. The Kier molecular flexibility index (Phi) is 2.85. The number of hydrogen-bond donors (Lipinski definition) is 1. The summed E-state index contributed by atoms with van der Waals surface area (Å²) in [7, 11) is 0. The first kappa shape index (κ1) is 9.68. The molecule has 0 bridgehead atoms. The van der Waals surface area contributed by atoms with Crippen molar-refractivity contribution in [2.75, 3.05) is 6.54 Å². The number of hydrogen-bond acceptors (Lipinski definition) is 2. The Bertz CT molecular complexity index is 233. The fraction of sp³-hybridized carbons (Fsp3) is 0.556. The summed E-state index contributed by atoms with van der Waals surface area (Å²) in [5.74, 6) is -0.0684. The van der Waals surface area contributed by atoms with Gasteiger partial charge in [-0.05, 0) is 17.4 Å². The molecule has 1 nitrogen and oxygen atoms in total. The van der Waals surface area contributed by atoms with Crippen molar-refractivity contribution in [1.82, 2.24) is 0 Å². The topological polar surface area (TPSA) is 26.0 Å². The van der Waals surface area contributed by atoms with E-state index in [9.17, 15) is 4.39 Å². The lowest BCUT2D eigenvalue weighted by atomic mass is 9.91. The zero-order valence-corrected chi connectivity index (χ0v) is 8.20. The summed E-state index contributed by atoms with van der Waals surface area (Å²) in [6, 6.07) is 3.66. The van der Waals surface area contributed by atoms with Crippen molar-refractivity contribution >= 4 is 11.3 Å². The Morgan fingerprint density at radius 1 is 1.67 bits per heavy atom. The van der Waals surface area contributed by atoms with Crippen molar-refractivity contribution in [2.24, 2.45) is 11.7 Å². The first-order valence-corrected chi connectivity index (χ1v) is 4.92. The molecule has 1 rings (SSSR count). The van der Waals surface area contributed by atoms with Crippen LogP contribution in [0.2, 0.25) is 0 Å². The highest BCUT2D eigenvalue weighted by Crippen LogP contribution is 2.35. The van der Waals surface area contributed by atoms with Gasteiger partial charge in [-0.15, -0.1) is 11.3 Å². The monoisotopic (exact) mass is 187 g/mol. The van der Waals surface area contributed by atoms with Crippen molar-refractivity contribution < 1.29 is 4.39 Å². The molecule has 0 aliphatic heterocycles. The Morgan fingerprint density at radius 2 is 2.33 bits per heavy atom. The van der Waals surface area contributed by atoms with E-state index in [4.69, 9.17) is 5.73 Å². The maximum Gasteiger partial charge on any atom is 0.159 e. The Balaban J connectivity index is 2.96. The van der Waals surface area contributed by atoms with Crippen molar-refractivity contribution in [3.05, 3.63) is 22.4 Å². The molecule has 0 spiro atoms. The van der Waals surface area contributed by atoms with E-state index in [0.717, 1.165) is 4.88 Å². The lowest BCUT2D eigenvalue weighted by Crippen LogP contribution is -2.34. The van der Waals surface area contributed by atoms with Crippen LogP contribution >= 0.6 is 11.3 Å². The molecule has 0 aliphatic rings. The van der Waals surface area contributed by atoms with Crippen LogP contribution in [0.1, 0.15) is 18.7 Å². The second kappa shape index (κ2) is 3.54. The highest BCUT2D eigenvalue weighted by Gasteiger charge is 2.34. The Hall–Kier alpha value is -0.410. The van der Waals surface area contributed by atoms with E-state index in [2.05, 4.69) is 0 Å². The second-order valence-electron chi connectivity index (χ2n) is 3.20. The molecule has 1 aromatic rings. The second-order valence-corrected chi connectivity index (χ2v) is 4.15. The van der Waals surface area contributed by atoms with Crippen LogP contribution in [-0.4, -0.2) is 6.54 Å². The van der Waals surface area contributed by atoms with Crippen LogP contribution in [0.25, 0.3) is 0 Å². The van der Waals surface area contributed by atoms with Crippen LogP contribution in [0, 0.1) is 5.92 Å². The molecule has 68 valence electrons. The molecule has 1 atom stereocenters. The Labute approximate surface area is 76.4 Å². The van der Waals surface area contributed by atoms with E-state index in [0.29, 0.717) is 0 Å². The van der Waals surface area contributed by atoms with Gasteiger partial charge in [-0.1, -0.05) is 19.9 Å². The fourth-order valence-corrected chi connectivity index (χ4v) is 2.11. The highest BCUT2D eigenvalue weighted by molar-refractivity contribution is 7.10. The number of alkyl halides is 1. The third kappa shape index (κ3) is 1.52. The normalized spacial score (nSPS) is 16.4. The molecular weight excluding hydrogens is 173 g/mol. The standard InChI is InChI=1S/C9H14FNS/c1-7(2)9(10,6-11)8-4-3-5-12-8/h3-5,7H,6,11H2,1-2H3. The van der Waals surface area contributed by atoms with E-state index in [-0.39, 0.29) is 12.5 Å². The van der Waals surface area contributed by atoms with Gasteiger partial charge >= 0.3 is 0 Å². The van der Waals surface area contributed by atoms with Crippen LogP contribution in [0.5, 0.6) is 0 Å². The van der Waals surface area contributed by atoms with Gasteiger partial charge in [-0.25, -0.2) is 4.39 Å². The summed E-state index contributed by atoms with van der Waals surface area (Å²) in [5.41, 5.74) is 4.09. The maximum absolute atomic E-state index is 14.1. The summed E-state index contributed by atoms with van der Waals surface area (Å²) >= 11 is 1.43. The third-order valence-corrected chi connectivity index (χ3v) is 3.17. The zero-order valence-electron chi connectivity index (χ0n) is 7.38. The lowest BCUT2D eigenvalue weighted by Gasteiger charge is -2.26. The van der Waals surface area contributed by atoms with Gasteiger partial charge < -0.3 is 5.73 Å². The highest BCUT2D eigenvalue weighted by atomic mass is 32.1. The number of halogens is 1. The van der Waals surface area contributed by atoms with E-state index < -0.39 is 5.67 Å².